The number of benzene rings is 1. The summed E-state index contributed by atoms with van der Waals surface area (Å²) in [4.78, 5) is 15.3. The summed E-state index contributed by atoms with van der Waals surface area (Å²) in [6, 6.07) is 10.3. The number of methoxy groups -OCH3 is 1. The Balaban J connectivity index is 0.00000272. The number of carbonyl (C=O) groups excluding carboxylic acids is 1. The summed E-state index contributed by atoms with van der Waals surface area (Å²) in [5, 5.41) is 0. The normalized spacial score (nSPS) is 19.0. The van der Waals surface area contributed by atoms with Gasteiger partial charge in [-0.25, -0.2) is 4.57 Å². The van der Waals surface area contributed by atoms with Crippen LogP contribution in [0.1, 0.15) is 60.9 Å². The van der Waals surface area contributed by atoms with Gasteiger partial charge in [0, 0.05) is 24.7 Å². The first-order chi connectivity index (χ1) is 14.6. The molecule has 1 atom stereocenters. The fourth-order valence-corrected chi connectivity index (χ4v) is 4.69. The lowest BCUT2D eigenvalue weighted by atomic mass is 9.94. The molecule has 5 nitrogen and oxygen atoms in total. The van der Waals surface area contributed by atoms with Crippen LogP contribution >= 0.6 is 0 Å². The summed E-state index contributed by atoms with van der Waals surface area (Å²) in [6.45, 7) is 0.826. The molecule has 6 heteroatoms. The molecular formula is C25H33IN2O3. The van der Waals surface area contributed by atoms with Gasteiger partial charge in [0.2, 0.25) is 0 Å². The van der Waals surface area contributed by atoms with Crippen molar-refractivity contribution >= 4 is 5.91 Å². The van der Waals surface area contributed by atoms with E-state index >= 15 is 0 Å². The fraction of sp³-hybridized carbons (Fsp3) is 0.520. The first-order valence-corrected chi connectivity index (χ1v) is 11.2. The quantitative estimate of drug-likeness (QED) is 0.410. The van der Waals surface area contributed by atoms with E-state index in [4.69, 9.17) is 9.47 Å². The molecule has 1 amide bonds. The zero-order chi connectivity index (χ0) is 20.9. The fourth-order valence-electron chi connectivity index (χ4n) is 4.69. The largest absolute Gasteiger partial charge is 1.00 e. The highest BCUT2D eigenvalue weighted by Crippen LogP contribution is 2.33. The standard InChI is InChI=1S/C25H33N2O3.HI/c1-26-15-12-20(13-16-26)25(28)27-14-6-5-7-21(27)17-19-10-11-23(29-2)24(18-19)30-22-8-3-4-9-22;/h10-13,15-16,18,21-22H,3-9,14,17H2,1-2H3;1H/q+1;/p-1. The number of halogens is 1. The maximum absolute atomic E-state index is 13.2. The van der Waals surface area contributed by atoms with Gasteiger partial charge in [-0.15, -0.1) is 0 Å². The van der Waals surface area contributed by atoms with Gasteiger partial charge in [-0.05, 0) is 69.1 Å². The number of rotatable bonds is 6. The molecule has 2 aromatic rings. The maximum atomic E-state index is 13.2. The van der Waals surface area contributed by atoms with Crippen molar-refractivity contribution in [2.75, 3.05) is 13.7 Å². The van der Waals surface area contributed by atoms with Crippen molar-refractivity contribution in [1.29, 1.82) is 0 Å². The zero-order valence-electron chi connectivity index (χ0n) is 18.6. The van der Waals surface area contributed by atoms with Gasteiger partial charge in [0.1, 0.15) is 7.05 Å². The van der Waals surface area contributed by atoms with Crippen molar-refractivity contribution in [3.05, 3.63) is 53.9 Å². The third-order valence-electron chi connectivity index (χ3n) is 6.41. The summed E-state index contributed by atoms with van der Waals surface area (Å²) >= 11 is 0. The van der Waals surface area contributed by atoms with Crippen molar-refractivity contribution in [2.24, 2.45) is 7.05 Å². The van der Waals surface area contributed by atoms with Crippen LogP contribution in [0.25, 0.3) is 0 Å². The third-order valence-corrected chi connectivity index (χ3v) is 6.41. The molecular weight excluding hydrogens is 503 g/mol. The Morgan fingerprint density at radius 2 is 1.74 bits per heavy atom. The zero-order valence-corrected chi connectivity index (χ0v) is 20.7. The molecule has 1 unspecified atom stereocenters. The Hall–Kier alpha value is -1.83. The topological polar surface area (TPSA) is 42.7 Å². The third kappa shape index (κ3) is 5.90. The molecule has 0 radical (unpaired) electrons. The van der Waals surface area contributed by atoms with E-state index in [2.05, 4.69) is 17.0 Å². The SMILES string of the molecule is COc1ccc(CC2CCCCN2C(=O)c2cc[n+](C)cc2)cc1OC1CCCC1.[I-]. The van der Waals surface area contributed by atoms with Crippen LogP contribution in [-0.2, 0) is 13.5 Å². The molecule has 1 saturated heterocycles. The van der Waals surface area contributed by atoms with Crippen molar-refractivity contribution in [3.8, 4) is 11.5 Å². The molecule has 0 bridgehead atoms. The minimum atomic E-state index is 0. The number of aryl methyl sites for hydroxylation is 1. The number of nitrogens with zero attached hydrogens (tertiary/aromatic N) is 2. The van der Waals surface area contributed by atoms with Gasteiger partial charge < -0.3 is 38.4 Å². The molecule has 2 heterocycles. The minimum absolute atomic E-state index is 0. The van der Waals surface area contributed by atoms with Gasteiger partial charge in [0.15, 0.2) is 23.9 Å². The molecule has 168 valence electrons. The minimum Gasteiger partial charge on any atom is -1.00 e. The van der Waals surface area contributed by atoms with Gasteiger partial charge in [-0.1, -0.05) is 6.07 Å². The lowest BCUT2D eigenvalue weighted by Crippen LogP contribution is -3.00. The molecule has 4 rings (SSSR count). The van der Waals surface area contributed by atoms with Crippen molar-refractivity contribution < 1.29 is 42.8 Å². The van der Waals surface area contributed by atoms with Crippen LogP contribution in [0.3, 0.4) is 0 Å². The van der Waals surface area contributed by atoms with Gasteiger partial charge in [-0.2, -0.15) is 0 Å². The maximum Gasteiger partial charge on any atom is 0.254 e. The first-order valence-electron chi connectivity index (χ1n) is 11.2. The van der Waals surface area contributed by atoms with E-state index in [1.54, 1.807) is 7.11 Å². The van der Waals surface area contributed by atoms with E-state index in [-0.39, 0.29) is 35.9 Å². The van der Waals surface area contributed by atoms with Gasteiger partial charge in [0.05, 0.1) is 18.8 Å². The van der Waals surface area contributed by atoms with Crippen molar-refractivity contribution in [2.45, 2.75) is 63.5 Å². The second kappa shape index (κ2) is 11.2. The van der Waals surface area contributed by atoms with E-state index in [9.17, 15) is 4.79 Å². The van der Waals surface area contributed by atoms with Gasteiger partial charge >= 0.3 is 0 Å². The summed E-state index contributed by atoms with van der Waals surface area (Å²) in [5.74, 6) is 1.77. The van der Waals surface area contributed by atoms with Crippen LogP contribution in [0, 0.1) is 0 Å². The molecule has 1 aliphatic carbocycles. The van der Waals surface area contributed by atoms with Crippen LogP contribution in [0.4, 0.5) is 0 Å². The number of pyridine rings is 1. The van der Waals surface area contributed by atoms with E-state index < -0.39 is 0 Å². The summed E-state index contributed by atoms with van der Waals surface area (Å²) in [7, 11) is 3.66. The van der Waals surface area contributed by atoms with Crippen LogP contribution in [0.5, 0.6) is 11.5 Å². The predicted molar refractivity (Wildman–Crippen MR) is 116 cm³/mol. The van der Waals surface area contributed by atoms with Crippen LogP contribution < -0.4 is 38.0 Å². The molecule has 1 aromatic carbocycles. The number of piperidine rings is 1. The molecule has 1 aromatic heterocycles. The van der Waals surface area contributed by atoms with E-state index in [1.807, 2.05) is 42.2 Å². The number of hydrogen-bond donors (Lipinski definition) is 0. The van der Waals surface area contributed by atoms with Crippen LogP contribution in [0.15, 0.2) is 42.7 Å². The van der Waals surface area contributed by atoms with E-state index in [0.717, 1.165) is 55.7 Å². The Morgan fingerprint density at radius 1 is 1.03 bits per heavy atom. The number of ether oxygens (including phenoxy) is 2. The molecule has 2 fully saturated rings. The molecule has 31 heavy (non-hydrogen) atoms. The highest BCUT2D eigenvalue weighted by Gasteiger charge is 2.28. The highest BCUT2D eigenvalue weighted by atomic mass is 127. The Labute approximate surface area is 202 Å². The Kier molecular flexibility index (Phi) is 8.58. The van der Waals surface area contributed by atoms with Crippen molar-refractivity contribution in [3.63, 3.8) is 0 Å². The summed E-state index contributed by atoms with van der Waals surface area (Å²) in [5.41, 5.74) is 1.97. The average Bonchev–Trinajstić information content (AvgIpc) is 3.28. The number of carbonyl (C=O) groups is 1. The number of hydrogen-bond acceptors (Lipinski definition) is 3. The number of likely N-dealkylation sites (tertiary alicyclic amines) is 1. The van der Waals surface area contributed by atoms with Crippen LogP contribution in [0.2, 0.25) is 0 Å². The molecule has 0 N–H and O–H groups in total. The highest BCUT2D eigenvalue weighted by molar-refractivity contribution is 5.94. The summed E-state index contributed by atoms with van der Waals surface area (Å²) < 4.78 is 13.8. The predicted octanol–water partition coefficient (Wildman–Crippen LogP) is 1.08. The van der Waals surface area contributed by atoms with E-state index in [0.29, 0.717) is 6.10 Å². The molecule has 0 spiro atoms. The Morgan fingerprint density at radius 3 is 2.45 bits per heavy atom. The monoisotopic (exact) mass is 536 g/mol. The Bertz CT molecular complexity index is 866. The average molecular weight is 536 g/mol. The molecule has 2 aliphatic rings. The first kappa shape index (κ1) is 23.8. The van der Waals surface area contributed by atoms with Gasteiger partial charge in [-0.3, -0.25) is 4.79 Å². The number of amides is 1. The van der Waals surface area contributed by atoms with Crippen molar-refractivity contribution in [1.82, 2.24) is 4.90 Å². The molecule has 1 saturated carbocycles. The smallest absolute Gasteiger partial charge is 0.254 e. The summed E-state index contributed by atoms with van der Waals surface area (Å²) in [6.07, 6.45) is 13.0. The lowest BCUT2D eigenvalue weighted by Gasteiger charge is -2.36. The van der Waals surface area contributed by atoms with Gasteiger partial charge in [0.25, 0.3) is 5.91 Å². The van der Waals surface area contributed by atoms with Crippen LogP contribution in [-0.4, -0.2) is 36.6 Å². The van der Waals surface area contributed by atoms with E-state index in [1.165, 1.54) is 24.8 Å². The molecule has 1 aliphatic heterocycles. The lowest BCUT2D eigenvalue weighted by molar-refractivity contribution is -0.671. The number of aromatic nitrogens is 1. The second-order valence-corrected chi connectivity index (χ2v) is 8.61. The second-order valence-electron chi connectivity index (χ2n) is 8.61.